The molecule has 220 valence electrons. The van der Waals surface area contributed by atoms with E-state index >= 15 is 0 Å². The third-order valence-electron chi connectivity index (χ3n) is 9.10. The second-order valence-electron chi connectivity index (χ2n) is 12.3. The number of carbonyl (C=O) groups excluding carboxylic acids is 2. The smallest absolute Gasteiger partial charge is 0.256 e. The molecular formula is C30H36FN3O6S. The van der Waals surface area contributed by atoms with Gasteiger partial charge in [-0.05, 0) is 79.5 Å². The Hall–Kier alpha value is -3.02. The highest BCUT2D eigenvalue weighted by molar-refractivity contribution is 7.89. The number of fused-ring (bicyclic) bond motifs is 1. The van der Waals surface area contributed by atoms with Crippen LogP contribution in [0.4, 0.5) is 4.39 Å². The van der Waals surface area contributed by atoms with E-state index in [4.69, 9.17) is 14.6 Å². The molecule has 0 aromatic heterocycles. The first kappa shape index (κ1) is 28.1. The van der Waals surface area contributed by atoms with Crippen LogP contribution in [0.3, 0.4) is 0 Å². The first-order valence-corrected chi connectivity index (χ1v) is 15.8. The van der Waals surface area contributed by atoms with E-state index in [1.165, 1.54) is 0 Å². The number of nitrogens with zero attached hydrogens (tertiary/aromatic N) is 2. The number of carbonyl (C=O) groups is 2. The number of hydrogen-bond donors (Lipinski definition) is 1. The summed E-state index contributed by atoms with van der Waals surface area (Å²) < 4.78 is 49.4. The van der Waals surface area contributed by atoms with Gasteiger partial charge in [-0.15, -0.1) is 0 Å². The molecule has 11 heteroatoms. The fourth-order valence-corrected chi connectivity index (χ4v) is 6.98. The minimum atomic E-state index is -4.08. The fourth-order valence-electron chi connectivity index (χ4n) is 6.46. The SMILES string of the molecule is C[C@]12CN(C(=O)c3cc(OCC4CCOCC4)cc(C4CC4)c3)C[C@@H]1CN(C(=O)c1ccc(S(N)(=O)=O)cc1F)C2. The van der Waals surface area contributed by atoms with Gasteiger partial charge in [-0.2, -0.15) is 0 Å². The molecule has 6 rings (SSSR count). The van der Waals surface area contributed by atoms with Crippen LogP contribution in [0.25, 0.3) is 0 Å². The average molecular weight is 586 g/mol. The molecule has 1 saturated carbocycles. The Bertz CT molecular complexity index is 1470. The predicted octanol–water partition coefficient (Wildman–Crippen LogP) is 3.39. The molecule has 0 bridgehead atoms. The zero-order chi connectivity index (χ0) is 28.9. The van der Waals surface area contributed by atoms with E-state index in [2.05, 4.69) is 13.0 Å². The Balaban J connectivity index is 1.13. The van der Waals surface area contributed by atoms with E-state index in [-0.39, 0.29) is 27.7 Å². The lowest BCUT2D eigenvalue weighted by atomic mass is 9.83. The van der Waals surface area contributed by atoms with Crippen LogP contribution in [0.5, 0.6) is 5.75 Å². The van der Waals surface area contributed by atoms with Crippen molar-refractivity contribution in [1.29, 1.82) is 0 Å². The fraction of sp³-hybridized carbons (Fsp3) is 0.533. The molecule has 4 fully saturated rings. The third-order valence-corrected chi connectivity index (χ3v) is 10.0. The van der Waals surface area contributed by atoms with Gasteiger partial charge >= 0.3 is 0 Å². The summed E-state index contributed by atoms with van der Waals surface area (Å²) in [5.74, 6) is 0.242. The van der Waals surface area contributed by atoms with Crippen molar-refractivity contribution in [3.8, 4) is 5.75 Å². The molecule has 2 atom stereocenters. The summed E-state index contributed by atoms with van der Waals surface area (Å²) >= 11 is 0. The number of hydrogen-bond acceptors (Lipinski definition) is 6. The van der Waals surface area contributed by atoms with Crippen molar-refractivity contribution in [2.24, 2.45) is 22.4 Å². The minimum absolute atomic E-state index is 0.0398. The number of halogens is 1. The summed E-state index contributed by atoms with van der Waals surface area (Å²) in [7, 11) is -4.08. The van der Waals surface area contributed by atoms with Crippen LogP contribution < -0.4 is 9.88 Å². The van der Waals surface area contributed by atoms with Crippen LogP contribution in [0.1, 0.15) is 64.8 Å². The molecule has 9 nitrogen and oxygen atoms in total. The number of primary sulfonamides is 1. The van der Waals surface area contributed by atoms with Gasteiger partial charge in [0.25, 0.3) is 11.8 Å². The van der Waals surface area contributed by atoms with Gasteiger partial charge in [0.1, 0.15) is 11.6 Å². The van der Waals surface area contributed by atoms with Crippen molar-refractivity contribution >= 4 is 21.8 Å². The van der Waals surface area contributed by atoms with Crippen molar-refractivity contribution in [2.45, 2.75) is 43.4 Å². The lowest BCUT2D eigenvalue weighted by Crippen LogP contribution is -2.38. The number of rotatable bonds is 7. The number of benzene rings is 2. The highest BCUT2D eigenvalue weighted by Crippen LogP contribution is 2.44. The van der Waals surface area contributed by atoms with Crippen molar-refractivity contribution < 1.29 is 31.9 Å². The molecule has 2 N–H and O–H groups in total. The van der Waals surface area contributed by atoms with Gasteiger partial charge in [0.05, 0.1) is 17.1 Å². The molecule has 1 aliphatic carbocycles. The summed E-state index contributed by atoms with van der Waals surface area (Å²) in [5.41, 5.74) is 1.25. The maximum atomic E-state index is 14.7. The molecular weight excluding hydrogens is 549 g/mol. The summed E-state index contributed by atoms with van der Waals surface area (Å²) in [6.45, 7) is 5.94. The molecule has 3 aliphatic heterocycles. The van der Waals surface area contributed by atoms with Crippen LogP contribution >= 0.6 is 0 Å². The molecule has 41 heavy (non-hydrogen) atoms. The Morgan fingerprint density at radius 2 is 1.71 bits per heavy atom. The van der Waals surface area contributed by atoms with Crippen LogP contribution in [0.2, 0.25) is 0 Å². The number of sulfonamides is 1. The maximum Gasteiger partial charge on any atom is 0.256 e. The van der Waals surface area contributed by atoms with Crippen molar-refractivity contribution in [1.82, 2.24) is 9.80 Å². The van der Waals surface area contributed by atoms with E-state index < -0.39 is 21.7 Å². The van der Waals surface area contributed by atoms with Gasteiger partial charge in [-0.1, -0.05) is 6.92 Å². The lowest BCUT2D eigenvalue weighted by molar-refractivity contribution is 0.0497. The average Bonchev–Trinajstić information content (AvgIpc) is 3.67. The van der Waals surface area contributed by atoms with E-state index in [1.54, 1.807) is 4.90 Å². The van der Waals surface area contributed by atoms with Crippen molar-refractivity contribution in [3.05, 3.63) is 58.9 Å². The zero-order valence-electron chi connectivity index (χ0n) is 23.2. The van der Waals surface area contributed by atoms with E-state index in [0.29, 0.717) is 50.2 Å². The van der Waals surface area contributed by atoms with Crippen LogP contribution in [0.15, 0.2) is 41.3 Å². The Labute approximate surface area is 239 Å². The molecule has 3 heterocycles. The Morgan fingerprint density at radius 3 is 2.32 bits per heavy atom. The van der Waals surface area contributed by atoms with Crippen LogP contribution in [-0.2, 0) is 14.8 Å². The topological polar surface area (TPSA) is 119 Å². The van der Waals surface area contributed by atoms with Crippen molar-refractivity contribution in [2.75, 3.05) is 46.0 Å². The summed E-state index contributed by atoms with van der Waals surface area (Å²) in [5, 5.41) is 5.08. The lowest BCUT2D eigenvalue weighted by Gasteiger charge is -2.26. The summed E-state index contributed by atoms with van der Waals surface area (Å²) in [6.07, 6.45) is 4.20. The quantitative estimate of drug-likeness (QED) is 0.532. The first-order valence-electron chi connectivity index (χ1n) is 14.3. The van der Waals surface area contributed by atoms with E-state index in [9.17, 15) is 22.4 Å². The molecule has 0 spiro atoms. The van der Waals surface area contributed by atoms with E-state index in [1.807, 2.05) is 17.0 Å². The predicted molar refractivity (Wildman–Crippen MR) is 149 cm³/mol. The molecule has 0 radical (unpaired) electrons. The van der Waals surface area contributed by atoms with E-state index in [0.717, 1.165) is 68.4 Å². The highest BCUT2D eigenvalue weighted by Gasteiger charge is 2.52. The van der Waals surface area contributed by atoms with Crippen molar-refractivity contribution in [3.63, 3.8) is 0 Å². The summed E-state index contributed by atoms with van der Waals surface area (Å²) in [6, 6.07) is 9.01. The second-order valence-corrected chi connectivity index (χ2v) is 13.9. The molecule has 2 aromatic carbocycles. The first-order chi connectivity index (χ1) is 19.5. The number of nitrogens with two attached hydrogens (primary N) is 1. The van der Waals surface area contributed by atoms with Crippen LogP contribution in [-0.4, -0.2) is 76.0 Å². The zero-order valence-corrected chi connectivity index (χ0v) is 24.0. The molecule has 3 saturated heterocycles. The highest BCUT2D eigenvalue weighted by atomic mass is 32.2. The molecule has 2 amide bonds. The standard InChI is InChI=1S/C30H36FN3O6S/c1-30-17-33(14-23(30)15-34(18-30)29(36)26-5-4-25(13-27(26)31)41(32,37)38)28(35)22-10-21(20-2-3-20)11-24(12-22)40-16-19-6-8-39-9-7-19/h4-5,10-13,19-20,23H,2-3,6-9,14-18H2,1H3,(H2,32,37,38)/t23-,30-/m1/s1. The summed E-state index contributed by atoms with van der Waals surface area (Å²) in [4.78, 5) is 30.0. The Morgan fingerprint density at radius 1 is 1.02 bits per heavy atom. The normalized spacial score (nSPS) is 24.9. The third kappa shape index (κ3) is 5.85. The second kappa shape index (κ2) is 10.7. The monoisotopic (exact) mass is 585 g/mol. The molecule has 4 aliphatic rings. The van der Waals surface area contributed by atoms with Gasteiger partial charge in [0, 0.05) is 56.3 Å². The molecule has 2 aromatic rings. The maximum absolute atomic E-state index is 14.7. The molecule has 0 unspecified atom stereocenters. The van der Waals surface area contributed by atoms with Gasteiger partial charge in [-0.25, -0.2) is 17.9 Å². The Kier molecular flexibility index (Phi) is 7.32. The number of likely N-dealkylation sites (tertiary alicyclic amines) is 2. The minimum Gasteiger partial charge on any atom is -0.493 e. The largest absolute Gasteiger partial charge is 0.493 e. The van der Waals surface area contributed by atoms with Gasteiger partial charge in [-0.3, -0.25) is 9.59 Å². The number of amides is 2. The van der Waals surface area contributed by atoms with Gasteiger partial charge in [0.2, 0.25) is 10.0 Å². The van der Waals surface area contributed by atoms with Crippen LogP contribution in [0, 0.1) is 23.1 Å². The number of ether oxygens (including phenoxy) is 2. The van der Waals surface area contributed by atoms with Gasteiger partial charge < -0.3 is 19.3 Å². The van der Waals surface area contributed by atoms with Gasteiger partial charge in [0.15, 0.2) is 0 Å².